The van der Waals surface area contributed by atoms with Crippen LogP contribution in [0.25, 0.3) is 11.0 Å². The number of anilines is 2. The van der Waals surface area contributed by atoms with E-state index >= 15 is 0 Å². The van der Waals surface area contributed by atoms with E-state index in [1.165, 1.54) is 6.33 Å². The maximum atomic E-state index is 12.7. The molecule has 2 aliphatic rings. The molecule has 10 nitrogen and oxygen atoms in total. The van der Waals surface area contributed by atoms with Gasteiger partial charge >= 0.3 is 0 Å². The Kier molecular flexibility index (Phi) is 6.71. The van der Waals surface area contributed by atoms with Gasteiger partial charge in [-0.05, 0) is 43.8 Å². The zero-order valence-corrected chi connectivity index (χ0v) is 20.0. The number of rotatable bonds is 2. The number of aromatic nitrogens is 3. The minimum Gasteiger partial charge on any atom is -0.501 e. The van der Waals surface area contributed by atoms with E-state index in [1.807, 2.05) is 30.5 Å². The largest absolute Gasteiger partial charge is 0.501 e. The minimum absolute atomic E-state index is 0.0739. The van der Waals surface area contributed by atoms with Gasteiger partial charge in [0.25, 0.3) is 5.91 Å². The van der Waals surface area contributed by atoms with Crippen LogP contribution >= 0.6 is 0 Å². The monoisotopic (exact) mass is 478 g/mol. The van der Waals surface area contributed by atoms with Crippen LogP contribution in [0.3, 0.4) is 0 Å². The van der Waals surface area contributed by atoms with Crippen LogP contribution in [0.1, 0.15) is 18.4 Å². The third kappa shape index (κ3) is 5.32. The van der Waals surface area contributed by atoms with Gasteiger partial charge in [0.2, 0.25) is 0 Å². The van der Waals surface area contributed by atoms with E-state index in [-0.39, 0.29) is 18.6 Å². The molecule has 2 N–H and O–H groups in total. The standard InChI is InChI=1S/C25H30N6O4/c1-30-8-3-9-31(2)22(32)15-34-21-12-18(4-5-20(21)35-19-6-10-33-11-7-19)29-25-23-17(14-30)13-26-24(23)27-16-28-25/h4-6,10,12-13,16,19H,3,7-9,11,14-15H2,1-2H3,(H2,26,27,28,29)/t19-/m1/s1. The maximum absolute atomic E-state index is 12.7. The second-order valence-corrected chi connectivity index (χ2v) is 8.89. The third-order valence-corrected chi connectivity index (χ3v) is 6.20. The van der Waals surface area contributed by atoms with Gasteiger partial charge in [-0.15, -0.1) is 0 Å². The van der Waals surface area contributed by atoms with Crippen LogP contribution in [0.15, 0.2) is 43.1 Å². The molecule has 1 amide bonds. The number of hydrogen-bond donors (Lipinski definition) is 2. The first kappa shape index (κ1) is 23.0. The fourth-order valence-electron chi connectivity index (χ4n) is 4.25. The Morgan fingerprint density at radius 3 is 2.97 bits per heavy atom. The molecule has 3 aromatic rings. The average Bonchev–Trinajstić information content (AvgIpc) is 3.27. The van der Waals surface area contributed by atoms with E-state index in [1.54, 1.807) is 18.2 Å². The third-order valence-electron chi connectivity index (χ3n) is 6.20. The molecule has 35 heavy (non-hydrogen) atoms. The number of fused-ring (bicyclic) bond motifs is 2. The molecule has 0 saturated heterocycles. The Morgan fingerprint density at radius 1 is 1.20 bits per heavy atom. The Hall–Kier alpha value is -3.79. The number of amides is 1. The molecular formula is C25H30N6O4. The number of carbonyl (C=O) groups excluding carboxylic acids is 1. The summed E-state index contributed by atoms with van der Waals surface area (Å²) in [5.41, 5.74) is 2.65. The van der Waals surface area contributed by atoms with Gasteiger partial charge in [0.1, 0.15) is 23.9 Å². The lowest BCUT2D eigenvalue weighted by molar-refractivity contribution is -0.132. The minimum atomic E-state index is -0.123. The van der Waals surface area contributed by atoms with Crippen LogP contribution < -0.4 is 14.8 Å². The molecule has 1 aromatic carbocycles. The highest BCUT2D eigenvalue weighted by Gasteiger charge is 2.19. The number of nitrogens with one attached hydrogen (secondary N) is 2. The van der Waals surface area contributed by atoms with Crippen molar-refractivity contribution >= 4 is 28.4 Å². The topological polar surface area (TPSA) is 105 Å². The molecule has 1 atom stereocenters. The number of H-pyrrole nitrogens is 1. The molecule has 2 aromatic heterocycles. The van der Waals surface area contributed by atoms with E-state index < -0.39 is 0 Å². The number of aromatic amines is 1. The first-order chi connectivity index (χ1) is 17.1. The van der Waals surface area contributed by atoms with Crippen molar-refractivity contribution in [3.05, 3.63) is 48.6 Å². The van der Waals surface area contributed by atoms with Crippen LogP contribution in [-0.2, 0) is 16.1 Å². The lowest BCUT2D eigenvalue weighted by Gasteiger charge is -2.23. The van der Waals surface area contributed by atoms with Crippen molar-refractivity contribution in [3.63, 3.8) is 0 Å². The van der Waals surface area contributed by atoms with Gasteiger partial charge in [-0.2, -0.15) is 0 Å². The second kappa shape index (κ2) is 10.2. The van der Waals surface area contributed by atoms with E-state index in [2.05, 4.69) is 32.2 Å². The highest BCUT2D eigenvalue weighted by atomic mass is 16.5. The molecule has 0 unspecified atom stereocenters. The summed E-state index contributed by atoms with van der Waals surface area (Å²) in [7, 11) is 3.88. The van der Waals surface area contributed by atoms with E-state index in [4.69, 9.17) is 14.2 Å². The maximum Gasteiger partial charge on any atom is 0.260 e. The van der Waals surface area contributed by atoms with Crippen molar-refractivity contribution in [2.75, 3.05) is 45.7 Å². The summed E-state index contributed by atoms with van der Waals surface area (Å²) >= 11 is 0. The first-order valence-electron chi connectivity index (χ1n) is 11.8. The summed E-state index contributed by atoms with van der Waals surface area (Å²) in [6.07, 6.45) is 8.50. The smallest absolute Gasteiger partial charge is 0.260 e. The molecule has 0 aliphatic carbocycles. The van der Waals surface area contributed by atoms with Crippen LogP contribution in [0.4, 0.5) is 11.5 Å². The normalized spacial score (nSPS) is 19.7. The fourth-order valence-corrected chi connectivity index (χ4v) is 4.25. The summed E-state index contributed by atoms with van der Waals surface area (Å²) in [5.74, 6) is 1.68. The van der Waals surface area contributed by atoms with Gasteiger partial charge in [0.15, 0.2) is 18.1 Å². The van der Waals surface area contributed by atoms with Crippen molar-refractivity contribution in [2.24, 2.45) is 0 Å². The van der Waals surface area contributed by atoms with Gasteiger partial charge in [-0.3, -0.25) is 4.79 Å². The van der Waals surface area contributed by atoms with Crippen LogP contribution in [0, 0.1) is 0 Å². The Bertz CT molecular complexity index is 1230. The quantitative estimate of drug-likeness (QED) is 0.579. The molecule has 4 heterocycles. The lowest BCUT2D eigenvalue weighted by Crippen LogP contribution is -2.34. The van der Waals surface area contributed by atoms with Crippen LogP contribution in [0.2, 0.25) is 0 Å². The summed E-state index contributed by atoms with van der Waals surface area (Å²) in [5, 5.41) is 4.36. The Labute approximate surface area is 203 Å². The molecule has 2 aliphatic heterocycles. The van der Waals surface area contributed by atoms with Crippen LogP contribution in [0.5, 0.6) is 11.5 Å². The van der Waals surface area contributed by atoms with Gasteiger partial charge < -0.3 is 34.3 Å². The zero-order valence-electron chi connectivity index (χ0n) is 20.0. The SMILES string of the molecule is CN1CCCN(C)C(=O)COc2cc(ccc2O[C@@H]2C=COCC2)Nc2ncnc3[nH]cc(c23)C1. The highest BCUT2D eigenvalue weighted by Crippen LogP contribution is 2.34. The molecule has 0 saturated carbocycles. The molecule has 0 fully saturated rings. The number of benzene rings is 1. The van der Waals surface area contributed by atoms with Gasteiger partial charge in [0.05, 0.1) is 18.3 Å². The number of carbonyl (C=O) groups is 1. The van der Waals surface area contributed by atoms with Gasteiger partial charge in [-0.1, -0.05) is 0 Å². The predicted molar refractivity (Wildman–Crippen MR) is 132 cm³/mol. The number of likely N-dealkylation sites (N-methyl/N-ethyl adjacent to an activating group) is 1. The summed E-state index contributed by atoms with van der Waals surface area (Å²) in [6.45, 7) is 2.75. The van der Waals surface area contributed by atoms with Crippen LogP contribution in [-0.4, -0.2) is 77.2 Å². The van der Waals surface area contributed by atoms with Crippen molar-refractivity contribution < 1.29 is 19.0 Å². The van der Waals surface area contributed by atoms with Crippen molar-refractivity contribution in [2.45, 2.75) is 25.5 Å². The molecule has 184 valence electrons. The summed E-state index contributed by atoms with van der Waals surface area (Å²) in [4.78, 5) is 28.8. The highest BCUT2D eigenvalue weighted by molar-refractivity contribution is 5.92. The summed E-state index contributed by atoms with van der Waals surface area (Å²) in [6, 6.07) is 5.60. The van der Waals surface area contributed by atoms with E-state index in [0.29, 0.717) is 30.5 Å². The zero-order chi connectivity index (χ0) is 24.2. The van der Waals surface area contributed by atoms with E-state index in [9.17, 15) is 4.79 Å². The molecular weight excluding hydrogens is 448 g/mol. The first-order valence-corrected chi connectivity index (χ1v) is 11.8. The molecule has 10 heteroatoms. The molecule has 0 spiro atoms. The fraction of sp³-hybridized carbons (Fsp3) is 0.400. The van der Waals surface area contributed by atoms with Gasteiger partial charge in [0, 0.05) is 44.5 Å². The predicted octanol–water partition coefficient (Wildman–Crippen LogP) is 3.06. The Balaban J connectivity index is 1.50. The van der Waals surface area contributed by atoms with Gasteiger partial charge in [-0.25, -0.2) is 9.97 Å². The van der Waals surface area contributed by atoms with E-state index in [0.717, 1.165) is 48.2 Å². The molecule has 5 rings (SSSR count). The number of nitrogens with zero attached hydrogens (tertiary/aromatic N) is 4. The van der Waals surface area contributed by atoms with Crippen molar-refractivity contribution in [1.82, 2.24) is 24.8 Å². The summed E-state index contributed by atoms with van der Waals surface area (Å²) < 4.78 is 17.4. The number of hydrogen-bond acceptors (Lipinski definition) is 8. The Morgan fingerprint density at radius 2 is 2.11 bits per heavy atom. The van der Waals surface area contributed by atoms with Crippen molar-refractivity contribution in [3.8, 4) is 11.5 Å². The molecule has 2 bridgehead atoms. The van der Waals surface area contributed by atoms with Crippen molar-refractivity contribution in [1.29, 1.82) is 0 Å². The average molecular weight is 479 g/mol. The number of ether oxygens (including phenoxy) is 3. The lowest BCUT2D eigenvalue weighted by atomic mass is 10.2. The molecule has 0 radical (unpaired) electrons. The second-order valence-electron chi connectivity index (χ2n) is 8.89.